The van der Waals surface area contributed by atoms with Crippen LogP contribution in [0.4, 0.5) is 0 Å². The molecule has 0 saturated heterocycles. The van der Waals surface area contributed by atoms with Gasteiger partial charge in [-0.3, -0.25) is 4.68 Å². The molecule has 1 aliphatic rings. The highest BCUT2D eigenvalue weighted by molar-refractivity contribution is 7.98. The predicted octanol–water partition coefficient (Wildman–Crippen LogP) is 1.21. The van der Waals surface area contributed by atoms with E-state index in [-0.39, 0.29) is 0 Å². The molecule has 0 atom stereocenters. The van der Waals surface area contributed by atoms with Gasteiger partial charge < -0.3 is 4.74 Å². The molecule has 0 N–H and O–H groups in total. The molecule has 0 spiro atoms. The lowest BCUT2D eigenvalue weighted by Gasteiger charge is -2.10. The summed E-state index contributed by atoms with van der Waals surface area (Å²) in [5.41, 5.74) is 2.50. The number of thioether (sulfide) groups is 1. The Morgan fingerprint density at radius 2 is 2.42 bits per heavy atom. The number of aromatic nitrogens is 2. The molecule has 0 aliphatic carbocycles. The quantitative estimate of drug-likeness (QED) is 0.614. The molecule has 66 valence electrons. The van der Waals surface area contributed by atoms with Crippen LogP contribution in [0.1, 0.15) is 11.3 Å². The van der Waals surface area contributed by atoms with Gasteiger partial charge in [-0.05, 0) is 6.26 Å². The maximum atomic E-state index is 5.39. The second-order valence-electron chi connectivity index (χ2n) is 2.86. The van der Waals surface area contributed by atoms with Crippen LogP contribution in [-0.2, 0) is 24.8 Å². The minimum atomic E-state index is 0.735. The summed E-state index contributed by atoms with van der Waals surface area (Å²) in [7, 11) is 1.99. The highest BCUT2D eigenvalue weighted by atomic mass is 32.2. The standard InChI is InChI=1S/C8H12N2OS/c1-10-8(12-2)6-5-11-4-3-7(6)9-10/h3-5H2,1-2H3. The van der Waals surface area contributed by atoms with Crippen LogP contribution in [0, 0.1) is 0 Å². The summed E-state index contributed by atoms with van der Waals surface area (Å²) in [6, 6.07) is 0. The Hall–Kier alpha value is -0.480. The van der Waals surface area contributed by atoms with Crippen LogP contribution in [0.15, 0.2) is 5.03 Å². The third-order valence-corrected chi connectivity index (χ3v) is 2.99. The van der Waals surface area contributed by atoms with Gasteiger partial charge in [-0.2, -0.15) is 5.10 Å². The summed E-state index contributed by atoms with van der Waals surface area (Å²) >= 11 is 1.74. The highest BCUT2D eigenvalue weighted by Gasteiger charge is 2.18. The van der Waals surface area contributed by atoms with Gasteiger partial charge in [0.25, 0.3) is 0 Å². The van der Waals surface area contributed by atoms with E-state index in [1.54, 1.807) is 11.8 Å². The lowest BCUT2D eigenvalue weighted by atomic mass is 10.2. The maximum absolute atomic E-state index is 5.39. The molecule has 0 aromatic carbocycles. The van der Waals surface area contributed by atoms with Gasteiger partial charge in [0.15, 0.2) is 0 Å². The summed E-state index contributed by atoms with van der Waals surface area (Å²) < 4.78 is 7.33. The molecule has 0 amide bonds. The zero-order valence-electron chi connectivity index (χ0n) is 7.33. The van der Waals surface area contributed by atoms with Crippen LogP contribution in [0.25, 0.3) is 0 Å². The van der Waals surface area contributed by atoms with Gasteiger partial charge in [0.2, 0.25) is 0 Å². The second-order valence-corrected chi connectivity index (χ2v) is 3.66. The summed E-state index contributed by atoms with van der Waals surface area (Å²) in [5, 5.41) is 5.68. The first-order valence-electron chi connectivity index (χ1n) is 3.99. The van der Waals surface area contributed by atoms with Crippen LogP contribution in [-0.4, -0.2) is 22.6 Å². The van der Waals surface area contributed by atoms with E-state index in [4.69, 9.17) is 4.74 Å². The van der Waals surface area contributed by atoms with E-state index in [0.29, 0.717) is 0 Å². The molecule has 1 aromatic heterocycles. The van der Waals surface area contributed by atoms with Crippen LogP contribution >= 0.6 is 11.8 Å². The molecule has 12 heavy (non-hydrogen) atoms. The molecule has 0 radical (unpaired) electrons. The summed E-state index contributed by atoms with van der Waals surface area (Å²) in [4.78, 5) is 0. The smallest absolute Gasteiger partial charge is 0.0992 e. The van der Waals surface area contributed by atoms with Crippen molar-refractivity contribution < 1.29 is 4.74 Å². The van der Waals surface area contributed by atoms with Crippen molar-refractivity contribution >= 4 is 11.8 Å². The molecule has 0 saturated carbocycles. The fourth-order valence-corrected chi connectivity index (χ4v) is 2.28. The van der Waals surface area contributed by atoms with Crippen molar-refractivity contribution in [1.29, 1.82) is 0 Å². The average Bonchev–Trinajstić information content (AvgIpc) is 2.40. The number of hydrogen-bond acceptors (Lipinski definition) is 3. The fourth-order valence-electron chi connectivity index (χ4n) is 1.55. The van der Waals surface area contributed by atoms with Gasteiger partial charge in [-0.1, -0.05) is 0 Å². The first-order chi connectivity index (χ1) is 5.83. The normalized spacial score (nSPS) is 16.2. The topological polar surface area (TPSA) is 27.1 Å². The highest BCUT2D eigenvalue weighted by Crippen LogP contribution is 2.26. The number of hydrogen-bond donors (Lipinski definition) is 0. The van der Waals surface area contributed by atoms with E-state index in [2.05, 4.69) is 11.4 Å². The zero-order chi connectivity index (χ0) is 8.55. The van der Waals surface area contributed by atoms with Crippen molar-refractivity contribution in [3.05, 3.63) is 11.3 Å². The number of ether oxygens (including phenoxy) is 1. The minimum absolute atomic E-state index is 0.735. The molecule has 0 bridgehead atoms. The van der Waals surface area contributed by atoms with E-state index in [1.165, 1.54) is 16.3 Å². The molecule has 0 unspecified atom stereocenters. The molecule has 2 heterocycles. The number of fused-ring (bicyclic) bond motifs is 1. The van der Waals surface area contributed by atoms with Crippen molar-refractivity contribution in [3.8, 4) is 0 Å². The Bertz CT molecular complexity index is 295. The Balaban J connectivity index is 2.46. The third kappa shape index (κ3) is 1.15. The summed E-state index contributed by atoms with van der Waals surface area (Å²) in [6.07, 6.45) is 3.04. The van der Waals surface area contributed by atoms with Crippen molar-refractivity contribution in [3.63, 3.8) is 0 Å². The van der Waals surface area contributed by atoms with E-state index in [9.17, 15) is 0 Å². The maximum Gasteiger partial charge on any atom is 0.0992 e. The largest absolute Gasteiger partial charge is 0.376 e. The van der Waals surface area contributed by atoms with E-state index >= 15 is 0 Å². The van der Waals surface area contributed by atoms with E-state index in [0.717, 1.165) is 19.6 Å². The SMILES string of the molecule is CSc1c2c(nn1C)CCOC2. The van der Waals surface area contributed by atoms with Crippen molar-refractivity contribution in [2.45, 2.75) is 18.1 Å². The zero-order valence-corrected chi connectivity index (χ0v) is 8.15. The molecule has 3 nitrogen and oxygen atoms in total. The van der Waals surface area contributed by atoms with Crippen molar-refractivity contribution in [2.24, 2.45) is 7.05 Å². The molecular weight excluding hydrogens is 172 g/mol. The lowest BCUT2D eigenvalue weighted by molar-refractivity contribution is 0.108. The summed E-state index contributed by atoms with van der Waals surface area (Å²) in [5.74, 6) is 0. The first kappa shape index (κ1) is 8.13. The molecular formula is C8H12N2OS. The molecule has 4 heteroatoms. The van der Waals surface area contributed by atoms with Gasteiger partial charge in [0.05, 0.1) is 23.9 Å². The molecule has 2 rings (SSSR count). The fraction of sp³-hybridized carbons (Fsp3) is 0.625. The predicted molar refractivity (Wildman–Crippen MR) is 48.3 cm³/mol. The number of rotatable bonds is 1. The van der Waals surface area contributed by atoms with Crippen molar-refractivity contribution in [1.82, 2.24) is 9.78 Å². The first-order valence-corrected chi connectivity index (χ1v) is 5.22. The Kier molecular flexibility index (Phi) is 2.11. The average molecular weight is 184 g/mol. The number of nitrogens with zero attached hydrogens (tertiary/aromatic N) is 2. The Morgan fingerprint density at radius 1 is 1.58 bits per heavy atom. The number of aryl methyl sites for hydroxylation is 1. The van der Waals surface area contributed by atoms with E-state index in [1.807, 2.05) is 11.7 Å². The van der Waals surface area contributed by atoms with Crippen molar-refractivity contribution in [2.75, 3.05) is 12.9 Å². The summed E-state index contributed by atoms with van der Waals surface area (Å²) in [6.45, 7) is 1.55. The van der Waals surface area contributed by atoms with E-state index < -0.39 is 0 Å². The Labute approximate surface area is 76.1 Å². The van der Waals surface area contributed by atoms with Gasteiger partial charge in [-0.25, -0.2) is 0 Å². The van der Waals surface area contributed by atoms with Crippen LogP contribution in [0.3, 0.4) is 0 Å². The van der Waals surface area contributed by atoms with Crippen LogP contribution in [0.2, 0.25) is 0 Å². The Morgan fingerprint density at radius 3 is 3.17 bits per heavy atom. The molecule has 1 aromatic rings. The van der Waals surface area contributed by atoms with Crippen LogP contribution in [0.5, 0.6) is 0 Å². The second kappa shape index (κ2) is 3.11. The van der Waals surface area contributed by atoms with Gasteiger partial charge in [-0.15, -0.1) is 11.8 Å². The lowest BCUT2D eigenvalue weighted by Crippen LogP contribution is -2.08. The third-order valence-electron chi connectivity index (χ3n) is 2.09. The monoisotopic (exact) mass is 184 g/mol. The molecule has 0 fully saturated rings. The van der Waals surface area contributed by atoms with Crippen LogP contribution < -0.4 is 0 Å². The minimum Gasteiger partial charge on any atom is -0.376 e. The van der Waals surface area contributed by atoms with Gasteiger partial charge in [0.1, 0.15) is 0 Å². The van der Waals surface area contributed by atoms with Gasteiger partial charge >= 0.3 is 0 Å². The molecule has 1 aliphatic heterocycles. The van der Waals surface area contributed by atoms with Gasteiger partial charge in [0, 0.05) is 19.0 Å².